The van der Waals surface area contributed by atoms with Crippen LogP contribution >= 0.6 is 0 Å². The Morgan fingerprint density at radius 2 is 1.39 bits per heavy atom. The van der Waals surface area contributed by atoms with Crippen molar-refractivity contribution in [2.24, 2.45) is 0 Å². The van der Waals surface area contributed by atoms with Gasteiger partial charge in [0.25, 0.3) is 0 Å². The molecule has 2 aliphatic rings. The molecule has 0 saturated carbocycles. The van der Waals surface area contributed by atoms with Crippen LogP contribution in [0.2, 0.25) is 0 Å². The first-order valence-corrected chi connectivity index (χ1v) is 8.67. The van der Waals surface area contributed by atoms with E-state index in [1.54, 1.807) is 0 Å². The maximum atomic E-state index is 5.50. The van der Waals surface area contributed by atoms with Crippen LogP contribution in [-0.4, -0.2) is 13.2 Å². The van der Waals surface area contributed by atoms with Gasteiger partial charge in [-0.3, -0.25) is 0 Å². The minimum Gasteiger partial charge on any atom is -0.493 e. The van der Waals surface area contributed by atoms with Crippen molar-refractivity contribution < 1.29 is 9.47 Å². The molecule has 2 nitrogen and oxygen atoms in total. The van der Waals surface area contributed by atoms with Crippen LogP contribution in [0.3, 0.4) is 0 Å². The third kappa shape index (κ3) is 4.75. The monoisotopic (exact) mass is 312 g/mol. The SMILES string of the molecule is CC.Cc1ccc2c(c1)CCO2.Cc1ccc2c(c1)OCCC2. The molecule has 0 spiro atoms. The van der Waals surface area contributed by atoms with E-state index < -0.39 is 0 Å². The highest BCUT2D eigenvalue weighted by molar-refractivity contribution is 5.39. The summed E-state index contributed by atoms with van der Waals surface area (Å²) in [5.74, 6) is 2.17. The van der Waals surface area contributed by atoms with Crippen LogP contribution < -0.4 is 9.47 Å². The summed E-state index contributed by atoms with van der Waals surface area (Å²) < 4.78 is 10.9. The fraction of sp³-hybridized carbons (Fsp3) is 0.429. The fourth-order valence-electron chi connectivity index (χ4n) is 2.76. The highest BCUT2D eigenvalue weighted by atomic mass is 16.5. The van der Waals surface area contributed by atoms with Gasteiger partial charge in [-0.05, 0) is 55.5 Å². The van der Waals surface area contributed by atoms with Gasteiger partial charge in [0, 0.05) is 6.42 Å². The number of hydrogen-bond donors (Lipinski definition) is 0. The van der Waals surface area contributed by atoms with Gasteiger partial charge in [-0.1, -0.05) is 43.7 Å². The normalized spacial score (nSPS) is 13.9. The first kappa shape index (κ1) is 17.4. The van der Waals surface area contributed by atoms with E-state index in [9.17, 15) is 0 Å². The van der Waals surface area contributed by atoms with E-state index in [0.717, 1.165) is 37.6 Å². The Bertz CT molecular complexity index is 632. The Morgan fingerprint density at radius 3 is 2.22 bits per heavy atom. The lowest BCUT2D eigenvalue weighted by atomic mass is 10.0. The average Bonchev–Trinajstić information content (AvgIpc) is 3.04. The molecular formula is C21H28O2. The van der Waals surface area contributed by atoms with E-state index >= 15 is 0 Å². The number of aryl methyl sites for hydroxylation is 3. The van der Waals surface area contributed by atoms with Crippen molar-refractivity contribution in [1.29, 1.82) is 0 Å². The lowest BCUT2D eigenvalue weighted by Gasteiger charge is -2.16. The molecule has 0 unspecified atom stereocenters. The van der Waals surface area contributed by atoms with E-state index in [1.165, 1.54) is 28.7 Å². The van der Waals surface area contributed by atoms with Gasteiger partial charge in [-0.15, -0.1) is 0 Å². The van der Waals surface area contributed by atoms with E-state index in [4.69, 9.17) is 9.47 Å². The van der Waals surface area contributed by atoms with Crippen LogP contribution in [0.1, 0.15) is 42.5 Å². The predicted molar refractivity (Wildman–Crippen MR) is 96.7 cm³/mol. The van der Waals surface area contributed by atoms with Crippen LogP contribution in [0.4, 0.5) is 0 Å². The number of benzene rings is 2. The summed E-state index contributed by atoms with van der Waals surface area (Å²) in [6.07, 6.45) is 3.42. The average molecular weight is 312 g/mol. The quantitative estimate of drug-likeness (QED) is 0.659. The molecule has 0 atom stereocenters. The van der Waals surface area contributed by atoms with Crippen LogP contribution in [0.25, 0.3) is 0 Å². The molecule has 2 heteroatoms. The molecule has 2 aliphatic heterocycles. The maximum Gasteiger partial charge on any atom is 0.122 e. The molecule has 0 N–H and O–H groups in total. The van der Waals surface area contributed by atoms with Crippen molar-refractivity contribution in [3.8, 4) is 11.5 Å². The zero-order chi connectivity index (χ0) is 16.7. The first-order chi connectivity index (χ1) is 11.2. The van der Waals surface area contributed by atoms with Gasteiger partial charge in [-0.25, -0.2) is 0 Å². The third-order valence-electron chi connectivity index (χ3n) is 3.92. The smallest absolute Gasteiger partial charge is 0.122 e. The number of rotatable bonds is 0. The van der Waals surface area contributed by atoms with Gasteiger partial charge >= 0.3 is 0 Å². The Labute approximate surface area is 140 Å². The summed E-state index contributed by atoms with van der Waals surface area (Å²) in [7, 11) is 0. The molecule has 124 valence electrons. The zero-order valence-corrected chi connectivity index (χ0v) is 14.8. The molecule has 0 bridgehead atoms. The summed E-state index contributed by atoms with van der Waals surface area (Å²) in [5, 5.41) is 0. The third-order valence-corrected chi connectivity index (χ3v) is 3.92. The minimum absolute atomic E-state index is 0.860. The molecule has 0 aromatic heterocycles. The predicted octanol–water partition coefficient (Wildman–Crippen LogP) is 5.28. The molecule has 0 amide bonds. The molecule has 2 aromatic rings. The summed E-state index contributed by atoms with van der Waals surface area (Å²) in [6.45, 7) is 9.95. The Hall–Kier alpha value is -1.96. The van der Waals surface area contributed by atoms with Gasteiger partial charge in [0.05, 0.1) is 13.2 Å². The number of hydrogen-bond acceptors (Lipinski definition) is 2. The maximum absolute atomic E-state index is 5.50. The summed E-state index contributed by atoms with van der Waals surface area (Å²) in [4.78, 5) is 0. The van der Waals surface area contributed by atoms with E-state index in [0.29, 0.717) is 0 Å². The second-order valence-electron chi connectivity index (χ2n) is 5.77. The molecule has 2 heterocycles. The highest BCUT2D eigenvalue weighted by Crippen LogP contribution is 2.25. The molecule has 0 aliphatic carbocycles. The number of fused-ring (bicyclic) bond motifs is 2. The first-order valence-electron chi connectivity index (χ1n) is 8.67. The lowest BCUT2D eigenvalue weighted by Crippen LogP contribution is -2.07. The van der Waals surface area contributed by atoms with Crippen molar-refractivity contribution in [2.75, 3.05) is 13.2 Å². The van der Waals surface area contributed by atoms with Gasteiger partial charge < -0.3 is 9.47 Å². The molecule has 0 fully saturated rings. The molecular weight excluding hydrogens is 284 g/mol. The summed E-state index contributed by atoms with van der Waals surface area (Å²) >= 11 is 0. The van der Waals surface area contributed by atoms with Crippen molar-refractivity contribution in [3.05, 3.63) is 58.7 Å². The van der Waals surface area contributed by atoms with Crippen molar-refractivity contribution in [2.45, 2.75) is 47.0 Å². The zero-order valence-electron chi connectivity index (χ0n) is 14.8. The van der Waals surface area contributed by atoms with E-state index in [-0.39, 0.29) is 0 Å². The molecule has 2 aromatic carbocycles. The molecule has 4 rings (SSSR count). The van der Waals surface area contributed by atoms with Gasteiger partial charge in [0.2, 0.25) is 0 Å². The molecule has 0 saturated heterocycles. The Balaban J connectivity index is 0.000000152. The fourth-order valence-corrected chi connectivity index (χ4v) is 2.76. The van der Waals surface area contributed by atoms with E-state index in [2.05, 4.69) is 50.2 Å². The summed E-state index contributed by atoms with van der Waals surface area (Å²) in [5.41, 5.74) is 5.33. The molecule has 23 heavy (non-hydrogen) atoms. The van der Waals surface area contributed by atoms with Crippen LogP contribution in [0.5, 0.6) is 11.5 Å². The molecule has 0 radical (unpaired) electrons. The second-order valence-corrected chi connectivity index (χ2v) is 5.77. The highest BCUT2D eigenvalue weighted by Gasteiger charge is 2.10. The van der Waals surface area contributed by atoms with Gasteiger partial charge in [-0.2, -0.15) is 0 Å². The van der Waals surface area contributed by atoms with E-state index in [1.807, 2.05) is 13.8 Å². The Kier molecular flexibility index (Phi) is 6.52. The topological polar surface area (TPSA) is 18.5 Å². The van der Waals surface area contributed by atoms with Crippen molar-refractivity contribution in [3.63, 3.8) is 0 Å². The largest absolute Gasteiger partial charge is 0.493 e. The van der Waals surface area contributed by atoms with Crippen molar-refractivity contribution in [1.82, 2.24) is 0 Å². The lowest BCUT2D eigenvalue weighted by molar-refractivity contribution is 0.288. The van der Waals surface area contributed by atoms with Crippen LogP contribution in [-0.2, 0) is 12.8 Å². The van der Waals surface area contributed by atoms with Gasteiger partial charge in [0.1, 0.15) is 11.5 Å². The van der Waals surface area contributed by atoms with Crippen LogP contribution in [0.15, 0.2) is 36.4 Å². The van der Waals surface area contributed by atoms with Gasteiger partial charge in [0.15, 0.2) is 0 Å². The van der Waals surface area contributed by atoms with Crippen LogP contribution in [0, 0.1) is 13.8 Å². The minimum atomic E-state index is 0.860. The standard InChI is InChI=1S/C10H12O.C9H10O.C2H6/c1-8-4-5-9-3-2-6-11-10(9)7-8;1-7-2-3-9-8(6-7)4-5-10-9;1-2/h4-5,7H,2-3,6H2,1H3;2-3,6H,4-5H2,1H3;1-2H3. The summed E-state index contributed by atoms with van der Waals surface area (Å²) in [6, 6.07) is 12.8. The number of ether oxygens (including phenoxy) is 2. The van der Waals surface area contributed by atoms with Crippen molar-refractivity contribution >= 4 is 0 Å². The second kappa shape index (κ2) is 8.61. The Morgan fingerprint density at radius 1 is 0.696 bits per heavy atom.